The second-order valence-electron chi connectivity index (χ2n) is 13.1. The number of rotatable bonds is 8. The zero-order valence-electron chi connectivity index (χ0n) is 23.2. The van der Waals surface area contributed by atoms with Gasteiger partial charge in [-0.15, -0.1) is 11.8 Å². The van der Waals surface area contributed by atoms with E-state index in [9.17, 15) is 19.5 Å². The lowest BCUT2D eigenvalue weighted by Crippen LogP contribution is -2.61. The fourth-order valence-corrected chi connectivity index (χ4v) is 9.70. The van der Waals surface area contributed by atoms with E-state index in [1.807, 2.05) is 44.2 Å². The summed E-state index contributed by atoms with van der Waals surface area (Å²) in [6.45, 7) is 14.5. The van der Waals surface area contributed by atoms with E-state index in [4.69, 9.17) is 0 Å². The zero-order chi connectivity index (χ0) is 27.3. The van der Waals surface area contributed by atoms with Crippen LogP contribution in [0.3, 0.4) is 0 Å². The number of carbonyl (C=O) groups excluding carboxylic acids is 3. The Labute approximate surface area is 225 Å². The third kappa shape index (κ3) is 5.03. The van der Waals surface area contributed by atoms with E-state index in [1.165, 1.54) is 0 Å². The molecule has 3 aliphatic rings. The van der Waals surface area contributed by atoms with Crippen LogP contribution < -0.4 is 10.6 Å². The first-order valence-corrected chi connectivity index (χ1v) is 14.3. The van der Waals surface area contributed by atoms with Crippen molar-refractivity contribution in [1.82, 2.24) is 15.5 Å². The van der Waals surface area contributed by atoms with Gasteiger partial charge in [-0.25, -0.2) is 0 Å². The molecule has 0 radical (unpaired) electrons. The Bertz CT molecular complexity index is 1040. The molecule has 0 saturated carbocycles. The third-order valence-electron chi connectivity index (χ3n) is 8.22. The highest BCUT2D eigenvalue weighted by Crippen LogP contribution is 2.68. The van der Waals surface area contributed by atoms with E-state index in [1.54, 1.807) is 23.6 Å². The molecule has 0 aromatic heterocycles. The van der Waals surface area contributed by atoms with Gasteiger partial charge in [0.25, 0.3) is 0 Å². The average Bonchev–Trinajstić information content (AvgIpc) is 3.39. The highest BCUT2D eigenvalue weighted by molar-refractivity contribution is 8.02. The average molecular weight is 530 g/mol. The Morgan fingerprint density at radius 3 is 2.41 bits per heavy atom. The van der Waals surface area contributed by atoms with Crippen LogP contribution in [0.2, 0.25) is 0 Å². The van der Waals surface area contributed by atoms with Crippen LogP contribution in [0.4, 0.5) is 0 Å². The molecule has 0 aliphatic carbocycles. The molecule has 1 aromatic carbocycles. The van der Waals surface area contributed by atoms with Gasteiger partial charge >= 0.3 is 0 Å². The smallest absolute Gasteiger partial charge is 0.244 e. The Morgan fingerprint density at radius 1 is 1.16 bits per heavy atom. The minimum Gasteiger partial charge on any atom is -0.394 e. The Morgan fingerprint density at radius 2 is 1.81 bits per heavy atom. The zero-order valence-corrected chi connectivity index (χ0v) is 24.0. The monoisotopic (exact) mass is 529 g/mol. The van der Waals surface area contributed by atoms with Crippen LogP contribution in [0.5, 0.6) is 0 Å². The number of thioether (sulfide) groups is 1. The van der Waals surface area contributed by atoms with Crippen molar-refractivity contribution in [3.8, 4) is 0 Å². The van der Waals surface area contributed by atoms with Crippen molar-refractivity contribution < 1.29 is 19.5 Å². The van der Waals surface area contributed by atoms with E-state index in [0.29, 0.717) is 6.54 Å². The molecule has 3 heterocycles. The topological polar surface area (TPSA) is 98.7 Å². The summed E-state index contributed by atoms with van der Waals surface area (Å²) in [4.78, 5) is 43.3. The molecular formula is C29H43N3O4S. The van der Waals surface area contributed by atoms with Crippen molar-refractivity contribution in [2.45, 2.75) is 95.5 Å². The van der Waals surface area contributed by atoms with Gasteiger partial charge in [0.1, 0.15) is 6.04 Å². The summed E-state index contributed by atoms with van der Waals surface area (Å²) in [5.41, 5.74) is 0.538. The number of benzene rings is 1. The predicted octanol–water partition coefficient (Wildman–Crippen LogP) is 3.35. The maximum atomic E-state index is 14.1. The number of aliphatic hydroxyl groups is 1. The summed E-state index contributed by atoms with van der Waals surface area (Å²) in [5, 5.41) is 16.4. The molecule has 204 valence electrons. The van der Waals surface area contributed by atoms with Crippen LogP contribution in [-0.4, -0.2) is 62.0 Å². The molecule has 3 N–H and O–H groups in total. The fraction of sp³-hybridized carbons (Fsp3) is 0.690. The summed E-state index contributed by atoms with van der Waals surface area (Å²) in [6.07, 6.45) is 1.56. The summed E-state index contributed by atoms with van der Waals surface area (Å²) in [5.74, 6) is -1.48. The molecule has 7 atom stereocenters. The van der Waals surface area contributed by atoms with Gasteiger partial charge in [0.05, 0.1) is 29.2 Å². The van der Waals surface area contributed by atoms with Crippen LogP contribution in [0, 0.1) is 23.2 Å². The normalized spacial score (nSPS) is 31.8. The minimum atomic E-state index is -0.733. The maximum Gasteiger partial charge on any atom is 0.244 e. The molecule has 4 rings (SSSR count). The van der Waals surface area contributed by atoms with Gasteiger partial charge in [-0.3, -0.25) is 14.4 Å². The molecule has 8 heteroatoms. The highest BCUT2D eigenvalue weighted by Gasteiger charge is 2.76. The highest BCUT2D eigenvalue weighted by atomic mass is 32.2. The van der Waals surface area contributed by atoms with Crippen molar-refractivity contribution in [1.29, 1.82) is 0 Å². The second kappa shape index (κ2) is 9.92. The summed E-state index contributed by atoms with van der Waals surface area (Å²) in [7, 11) is 0. The maximum absolute atomic E-state index is 14.1. The van der Waals surface area contributed by atoms with Gasteiger partial charge in [-0.1, -0.05) is 58.0 Å². The molecule has 7 nitrogen and oxygen atoms in total. The van der Waals surface area contributed by atoms with Crippen LogP contribution >= 0.6 is 11.8 Å². The fourth-order valence-electron chi connectivity index (χ4n) is 7.30. The van der Waals surface area contributed by atoms with Gasteiger partial charge in [-0.05, 0) is 50.5 Å². The number of nitrogens with one attached hydrogen (secondary N) is 2. The van der Waals surface area contributed by atoms with Crippen LogP contribution in [0.15, 0.2) is 30.3 Å². The van der Waals surface area contributed by atoms with Crippen LogP contribution in [0.1, 0.15) is 66.9 Å². The lowest BCUT2D eigenvalue weighted by molar-refractivity contribution is -0.142. The molecule has 2 bridgehead atoms. The molecule has 3 amide bonds. The Kier molecular flexibility index (Phi) is 7.49. The molecule has 1 aromatic rings. The van der Waals surface area contributed by atoms with E-state index in [2.05, 4.69) is 38.3 Å². The molecule has 3 saturated heterocycles. The summed E-state index contributed by atoms with van der Waals surface area (Å²) < 4.78 is -0.693. The number of fused-ring (bicyclic) bond motifs is 1. The van der Waals surface area contributed by atoms with Gasteiger partial charge in [0.15, 0.2) is 0 Å². The van der Waals surface area contributed by atoms with Crippen molar-refractivity contribution >= 4 is 29.5 Å². The van der Waals surface area contributed by atoms with Gasteiger partial charge in [-0.2, -0.15) is 0 Å². The first kappa shape index (κ1) is 28.0. The van der Waals surface area contributed by atoms with Crippen LogP contribution in [-0.2, 0) is 20.9 Å². The lowest BCUT2D eigenvalue weighted by atomic mass is 9.65. The van der Waals surface area contributed by atoms with Crippen LogP contribution in [0.25, 0.3) is 0 Å². The number of likely N-dealkylation sites (tertiary alicyclic amines) is 1. The quantitative estimate of drug-likeness (QED) is 0.480. The Hall–Kier alpha value is -2.06. The summed E-state index contributed by atoms with van der Waals surface area (Å²) in [6, 6.07) is 8.48. The van der Waals surface area contributed by atoms with Crippen molar-refractivity contribution in [3.05, 3.63) is 35.9 Å². The molecule has 3 unspecified atom stereocenters. The standard InChI is InChI=1S/C29H43N3O4S/c1-17-13-20-21(24(34)30-14-19-11-9-8-10-12-19)22-26(36)32(18(2)15-33)23(29(17,22)37-20)25(35)31-28(6,7)16-27(3,4)5/h8-12,17-18,20-23,33H,13-16H2,1-7H3,(H,30,34)(H,31,35)/t17?,18-,20-,21+,22+,23?,29?/m1/s1. The third-order valence-corrected chi connectivity index (χ3v) is 10.3. The number of carbonyl (C=O) groups is 3. The number of amides is 3. The van der Waals surface area contributed by atoms with Gasteiger partial charge in [0, 0.05) is 17.3 Å². The molecule has 1 spiro atoms. The lowest BCUT2D eigenvalue weighted by Gasteiger charge is -2.42. The number of hydrogen-bond donors (Lipinski definition) is 3. The predicted molar refractivity (Wildman–Crippen MR) is 147 cm³/mol. The molecule has 3 aliphatic heterocycles. The van der Waals surface area contributed by atoms with Crippen molar-refractivity contribution in [2.75, 3.05) is 6.61 Å². The van der Waals surface area contributed by atoms with E-state index < -0.39 is 34.2 Å². The van der Waals surface area contributed by atoms with Gasteiger partial charge < -0.3 is 20.6 Å². The number of nitrogens with zero attached hydrogens (tertiary/aromatic N) is 1. The molecule has 3 fully saturated rings. The largest absolute Gasteiger partial charge is 0.394 e. The van der Waals surface area contributed by atoms with Gasteiger partial charge in [0.2, 0.25) is 17.7 Å². The molecular weight excluding hydrogens is 486 g/mol. The first-order chi connectivity index (χ1) is 17.2. The SMILES string of the molecule is CC1C[C@H]2SC13C(C(=O)NC(C)(C)CC(C)(C)C)N([C@H](C)CO)C(=O)[C@@H]3[C@H]2C(=O)NCc1ccccc1. The van der Waals surface area contributed by atoms with E-state index in [-0.39, 0.29) is 40.9 Å². The Balaban J connectivity index is 1.65. The first-order valence-electron chi connectivity index (χ1n) is 13.5. The molecule has 37 heavy (non-hydrogen) atoms. The second-order valence-corrected chi connectivity index (χ2v) is 14.7. The van der Waals surface area contributed by atoms with E-state index in [0.717, 1.165) is 18.4 Å². The van der Waals surface area contributed by atoms with E-state index >= 15 is 0 Å². The van der Waals surface area contributed by atoms with Crippen molar-refractivity contribution in [2.24, 2.45) is 23.2 Å². The minimum absolute atomic E-state index is 0.0100. The summed E-state index contributed by atoms with van der Waals surface area (Å²) >= 11 is 1.66. The van der Waals surface area contributed by atoms with Crippen molar-refractivity contribution in [3.63, 3.8) is 0 Å². The number of hydrogen-bond acceptors (Lipinski definition) is 5. The number of aliphatic hydroxyl groups excluding tert-OH is 1.